The molecule has 0 bridgehead atoms. The van der Waals surface area contributed by atoms with Gasteiger partial charge >= 0.3 is 6.03 Å². The van der Waals surface area contributed by atoms with E-state index in [1.54, 1.807) is 0 Å². The van der Waals surface area contributed by atoms with Crippen LogP contribution in [0.2, 0.25) is 0 Å². The second-order valence-corrected chi connectivity index (χ2v) is 5.37. The number of hydrogen-bond acceptors (Lipinski definition) is 4. The van der Waals surface area contributed by atoms with Crippen LogP contribution < -0.4 is 5.32 Å². The summed E-state index contributed by atoms with van der Waals surface area (Å²) in [6, 6.07) is 0.211. The highest BCUT2D eigenvalue weighted by atomic mass is 16.2. The van der Waals surface area contributed by atoms with E-state index in [2.05, 4.69) is 34.7 Å². The minimum absolute atomic E-state index is 0.0356. The zero-order valence-electron chi connectivity index (χ0n) is 12.5. The molecule has 1 saturated carbocycles. The van der Waals surface area contributed by atoms with Crippen LogP contribution in [0.25, 0.3) is 0 Å². The second kappa shape index (κ2) is 6.67. The van der Waals surface area contributed by atoms with Gasteiger partial charge in [-0.05, 0) is 43.0 Å². The third kappa shape index (κ3) is 3.46. The van der Waals surface area contributed by atoms with Gasteiger partial charge in [0, 0.05) is 13.1 Å². The molecule has 1 fully saturated rings. The molecule has 1 atom stereocenters. The Morgan fingerprint density at radius 3 is 2.60 bits per heavy atom. The number of rotatable bonds is 7. The van der Waals surface area contributed by atoms with E-state index in [-0.39, 0.29) is 12.1 Å². The van der Waals surface area contributed by atoms with Gasteiger partial charge in [0.2, 0.25) is 0 Å². The molecule has 1 aromatic heterocycles. The first kappa shape index (κ1) is 14.7. The second-order valence-electron chi connectivity index (χ2n) is 5.37. The molecule has 0 aromatic carbocycles. The fourth-order valence-electron chi connectivity index (χ4n) is 2.26. The van der Waals surface area contributed by atoms with E-state index in [1.165, 1.54) is 0 Å². The van der Waals surface area contributed by atoms with E-state index in [9.17, 15) is 4.79 Å². The van der Waals surface area contributed by atoms with E-state index in [4.69, 9.17) is 0 Å². The number of urea groups is 1. The van der Waals surface area contributed by atoms with Crippen molar-refractivity contribution in [3.63, 3.8) is 0 Å². The number of nitrogens with one attached hydrogen (secondary N) is 1. The van der Waals surface area contributed by atoms with E-state index < -0.39 is 0 Å². The van der Waals surface area contributed by atoms with E-state index >= 15 is 0 Å². The highest BCUT2D eigenvalue weighted by Gasteiger charge is 2.30. The Kier molecular flexibility index (Phi) is 4.92. The van der Waals surface area contributed by atoms with Gasteiger partial charge in [0.15, 0.2) is 5.82 Å². The summed E-state index contributed by atoms with van der Waals surface area (Å²) in [5.41, 5.74) is 0. The number of amides is 2. The molecule has 1 aromatic rings. The maximum Gasteiger partial charge on any atom is 0.317 e. The van der Waals surface area contributed by atoms with Crippen LogP contribution in [0.1, 0.15) is 64.4 Å². The molecule has 7 heteroatoms. The number of nitrogens with zero attached hydrogens (tertiary/aromatic N) is 5. The Hall–Kier alpha value is -1.66. The summed E-state index contributed by atoms with van der Waals surface area (Å²) in [4.78, 5) is 14.1. The fraction of sp³-hybridized carbons (Fsp3) is 0.846. The largest absolute Gasteiger partial charge is 0.328 e. The van der Waals surface area contributed by atoms with Crippen molar-refractivity contribution in [1.82, 2.24) is 30.4 Å². The smallest absolute Gasteiger partial charge is 0.317 e. The zero-order chi connectivity index (χ0) is 14.5. The van der Waals surface area contributed by atoms with E-state index in [0.29, 0.717) is 6.04 Å². The summed E-state index contributed by atoms with van der Waals surface area (Å²) in [5, 5.41) is 14.8. The van der Waals surface area contributed by atoms with Crippen LogP contribution in [0, 0.1) is 0 Å². The van der Waals surface area contributed by atoms with Gasteiger partial charge < -0.3 is 10.2 Å². The molecule has 0 radical (unpaired) electrons. The Bertz CT molecular complexity index is 436. The molecule has 2 amide bonds. The van der Waals surface area contributed by atoms with Gasteiger partial charge in [-0.15, -0.1) is 5.10 Å². The predicted molar refractivity (Wildman–Crippen MR) is 75.2 cm³/mol. The summed E-state index contributed by atoms with van der Waals surface area (Å²) in [6.45, 7) is 7.64. The van der Waals surface area contributed by atoms with Crippen LogP contribution >= 0.6 is 0 Å². The van der Waals surface area contributed by atoms with Gasteiger partial charge in [0.1, 0.15) is 0 Å². The lowest BCUT2D eigenvalue weighted by Crippen LogP contribution is -2.42. The zero-order valence-corrected chi connectivity index (χ0v) is 12.5. The molecule has 1 N–H and O–H groups in total. The lowest BCUT2D eigenvalue weighted by atomic mass is 10.3. The number of tetrazole rings is 1. The first-order chi connectivity index (χ1) is 9.67. The minimum Gasteiger partial charge on any atom is -0.328 e. The lowest BCUT2D eigenvalue weighted by Gasteiger charge is -2.24. The monoisotopic (exact) mass is 280 g/mol. The highest BCUT2D eigenvalue weighted by molar-refractivity contribution is 5.74. The summed E-state index contributed by atoms with van der Waals surface area (Å²) >= 11 is 0. The van der Waals surface area contributed by atoms with Gasteiger partial charge in [-0.1, -0.05) is 13.8 Å². The van der Waals surface area contributed by atoms with Crippen molar-refractivity contribution < 1.29 is 4.79 Å². The van der Waals surface area contributed by atoms with Gasteiger partial charge in [-0.2, -0.15) is 0 Å². The third-order valence-electron chi connectivity index (χ3n) is 3.41. The van der Waals surface area contributed by atoms with Crippen molar-refractivity contribution in [3.05, 3.63) is 5.82 Å². The molecule has 0 aliphatic heterocycles. The number of carbonyl (C=O) groups excluding carboxylic acids is 1. The molecule has 0 spiro atoms. The Balaban J connectivity index is 1.96. The molecule has 0 saturated heterocycles. The van der Waals surface area contributed by atoms with Crippen LogP contribution in [0.4, 0.5) is 4.79 Å². The molecular weight excluding hydrogens is 256 g/mol. The molecule has 0 unspecified atom stereocenters. The van der Waals surface area contributed by atoms with Crippen molar-refractivity contribution in [2.45, 2.75) is 58.5 Å². The number of carbonyl (C=O) groups is 1. The van der Waals surface area contributed by atoms with Crippen molar-refractivity contribution >= 4 is 6.03 Å². The normalized spacial score (nSPS) is 15.9. The quantitative estimate of drug-likeness (QED) is 0.827. The SMILES string of the molecule is CCCN(CCC)C(=O)N[C@H](C)c1nnnn1C1CC1. The van der Waals surface area contributed by atoms with Gasteiger partial charge in [-0.3, -0.25) is 0 Å². The standard InChI is InChI=1S/C13H24N6O/c1-4-8-18(9-5-2)13(20)14-10(3)12-15-16-17-19(12)11-6-7-11/h10-11H,4-9H2,1-3H3,(H,14,20)/t10-/m1/s1. The van der Waals surface area contributed by atoms with E-state index in [1.807, 2.05) is 16.5 Å². The molecule has 1 aliphatic carbocycles. The van der Waals surface area contributed by atoms with Crippen LogP contribution in [0.15, 0.2) is 0 Å². The van der Waals surface area contributed by atoms with Crippen molar-refractivity contribution in [3.8, 4) is 0 Å². The Morgan fingerprint density at radius 1 is 1.40 bits per heavy atom. The summed E-state index contributed by atoms with van der Waals surface area (Å²) in [5.74, 6) is 0.744. The van der Waals surface area contributed by atoms with Crippen LogP contribution in [0.5, 0.6) is 0 Å². The minimum atomic E-state index is -0.172. The maximum atomic E-state index is 12.3. The van der Waals surface area contributed by atoms with E-state index in [0.717, 1.165) is 44.6 Å². The van der Waals surface area contributed by atoms with Gasteiger partial charge in [-0.25, -0.2) is 9.48 Å². The molecular formula is C13H24N6O. The van der Waals surface area contributed by atoms with Crippen LogP contribution in [-0.4, -0.2) is 44.2 Å². The van der Waals surface area contributed by atoms with Crippen molar-refractivity contribution in [2.24, 2.45) is 0 Å². The Morgan fingerprint density at radius 2 is 2.05 bits per heavy atom. The average molecular weight is 280 g/mol. The summed E-state index contributed by atoms with van der Waals surface area (Å²) in [6.07, 6.45) is 4.16. The lowest BCUT2D eigenvalue weighted by molar-refractivity contribution is 0.193. The summed E-state index contributed by atoms with van der Waals surface area (Å²) < 4.78 is 1.84. The van der Waals surface area contributed by atoms with Crippen LogP contribution in [-0.2, 0) is 0 Å². The Labute approximate surface area is 119 Å². The molecule has 20 heavy (non-hydrogen) atoms. The molecule has 7 nitrogen and oxygen atoms in total. The first-order valence-corrected chi connectivity index (χ1v) is 7.50. The first-order valence-electron chi connectivity index (χ1n) is 7.50. The number of aromatic nitrogens is 4. The number of hydrogen-bond donors (Lipinski definition) is 1. The van der Waals surface area contributed by atoms with Crippen LogP contribution in [0.3, 0.4) is 0 Å². The molecule has 1 aliphatic rings. The topological polar surface area (TPSA) is 75.9 Å². The third-order valence-corrected chi connectivity index (χ3v) is 3.41. The average Bonchev–Trinajstić information content (AvgIpc) is 3.15. The van der Waals surface area contributed by atoms with Gasteiger partial charge in [0.05, 0.1) is 12.1 Å². The highest BCUT2D eigenvalue weighted by Crippen LogP contribution is 2.35. The van der Waals surface area contributed by atoms with Crippen molar-refractivity contribution in [2.75, 3.05) is 13.1 Å². The fourth-order valence-corrected chi connectivity index (χ4v) is 2.26. The molecule has 1 heterocycles. The predicted octanol–water partition coefficient (Wildman–Crippen LogP) is 1.90. The molecule has 2 rings (SSSR count). The maximum absolute atomic E-state index is 12.3. The molecule has 112 valence electrons. The summed E-state index contributed by atoms with van der Waals surface area (Å²) in [7, 11) is 0. The van der Waals surface area contributed by atoms with Gasteiger partial charge in [0.25, 0.3) is 0 Å². The van der Waals surface area contributed by atoms with Crippen molar-refractivity contribution in [1.29, 1.82) is 0 Å².